The molecule has 1 N–H and O–H groups in total. The van der Waals surface area contributed by atoms with Gasteiger partial charge in [-0.2, -0.15) is 0 Å². The first kappa shape index (κ1) is 13.3. The van der Waals surface area contributed by atoms with E-state index in [4.69, 9.17) is 0 Å². The van der Waals surface area contributed by atoms with Crippen LogP contribution in [0.5, 0.6) is 0 Å². The van der Waals surface area contributed by atoms with Crippen LogP contribution in [-0.2, 0) is 17.8 Å². The molecule has 1 aromatic rings. The topological polar surface area (TPSA) is 35.6 Å². The molecule has 3 aliphatic rings. The molecule has 2 aliphatic heterocycles. The third kappa shape index (κ3) is 2.70. The van der Waals surface area contributed by atoms with Crippen LogP contribution >= 0.6 is 0 Å². The predicted octanol–water partition coefficient (Wildman–Crippen LogP) is 1.01. The summed E-state index contributed by atoms with van der Waals surface area (Å²) in [6, 6.07) is 9.23. The van der Waals surface area contributed by atoms with Crippen molar-refractivity contribution in [3.63, 3.8) is 0 Å². The minimum Gasteiger partial charge on any atom is -0.339 e. The lowest BCUT2D eigenvalue weighted by molar-refractivity contribution is -0.135. The molecule has 1 atom stereocenters. The second-order valence-corrected chi connectivity index (χ2v) is 6.50. The number of hydrogen-bond acceptors (Lipinski definition) is 3. The summed E-state index contributed by atoms with van der Waals surface area (Å²) < 4.78 is 0. The molecule has 0 aromatic heterocycles. The average Bonchev–Trinajstić information content (AvgIpc) is 3.39. The van der Waals surface area contributed by atoms with Gasteiger partial charge in [-0.1, -0.05) is 24.3 Å². The maximum Gasteiger partial charge on any atom is 0.240 e. The van der Waals surface area contributed by atoms with Gasteiger partial charge in [-0.25, -0.2) is 0 Å². The summed E-state index contributed by atoms with van der Waals surface area (Å²) in [6.45, 7) is 4.72. The van der Waals surface area contributed by atoms with E-state index in [0.29, 0.717) is 5.91 Å². The van der Waals surface area contributed by atoms with Crippen LogP contribution < -0.4 is 5.32 Å². The molecule has 0 spiro atoms. The van der Waals surface area contributed by atoms with Crippen LogP contribution in [0.25, 0.3) is 0 Å². The number of nitrogens with one attached hydrogen (secondary N) is 1. The van der Waals surface area contributed by atoms with Gasteiger partial charge in [0.1, 0.15) is 0 Å². The smallest absolute Gasteiger partial charge is 0.240 e. The molecule has 4 rings (SSSR count). The second kappa shape index (κ2) is 5.43. The number of hydrogen-bond donors (Lipinski definition) is 1. The van der Waals surface area contributed by atoms with Gasteiger partial charge >= 0.3 is 0 Å². The van der Waals surface area contributed by atoms with Crippen molar-refractivity contribution in [1.82, 2.24) is 15.1 Å². The molecule has 2 heterocycles. The van der Waals surface area contributed by atoms with Crippen molar-refractivity contribution < 1.29 is 4.79 Å². The van der Waals surface area contributed by atoms with Crippen LogP contribution in [0.1, 0.15) is 24.0 Å². The van der Waals surface area contributed by atoms with E-state index in [9.17, 15) is 4.79 Å². The van der Waals surface area contributed by atoms with Crippen molar-refractivity contribution >= 4 is 5.91 Å². The summed E-state index contributed by atoms with van der Waals surface area (Å²) in [5.41, 5.74) is 2.66. The van der Waals surface area contributed by atoms with E-state index in [1.165, 1.54) is 24.0 Å². The largest absolute Gasteiger partial charge is 0.339 e. The van der Waals surface area contributed by atoms with E-state index in [1.807, 2.05) is 0 Å². The Labute approximate surface area is 126 Å². The Hall–Kier alpha value is -1.39. The Kier molecular flexibility index (Phi) is 3.43. The Morgan fingerprint density at radius 1 is 1.05 bits per heavy atom. The lowest BCUT2D eigenvalue weighted by Gasteiger charge is -2.37. The number of rotatable bonds is 2. The molecule has 0 unspecified atom stereocenters. The first-order chi connectivity index (χ1) is 10.3. The molecule has 0 radical (unpaired) electrons. The number of carbonyl (C=O) groups excluding carboxylic acids is 1. The van der Waals surface area contributed by atoms with Gasteiger partial charge in [0.2, 0.25) is 5.91 Å². The summed E-state index contributed by atoms with van der Waals surface area (Å²) in [7, 11) is 0. The standard InChI is InChI=1S/C17H23N3O/c21-17(20-9-7-19(8-10-20)15-5-6-15)16-11-13-3-1-2-4-14(13)12-18-16/h1-4,15-16,18H,5-12H2/t16-/m1/s1. The monoisotopic (exact) mass is 285 g/mol. The molecule has 1 aliphatic carbocycles. The summed E-state index contributed by atoms with van der Waals surface area (Å²) in [6.07, 6.45) is 3.54. The molecule has 1 amide bonds. The van der Waals surface area contributed by atoms with Crippen LogP contribution in [0, 0.1) is 0 Å². The first-order valence-electron chi connectivity index (χ1n) is 8.14. The minimum atomic E-state index is -0.0348. The quantitative estimate of drug-likeness (QED) is 0.881. The summed E-state index contributed by atoms with van der Waals surface area (Å²) in [5, 5.41) is 3.41. The summed E-state index contributed by atoms with van der Waals surface area (Å²) >= 11 is 0. The van der Waals surface area contributed by atoms with Gasteiger partial charge < -0.3 is 10.2 Å². The van der Waals surface area contributed by atoms with Crippen molar-refractivity contribution in [3.8, 4) is 0 Å². The Balaban J connectivity index is 1.37. The Bertz CT molecular complexity index is 533. The van der Waals surface area contributed by atoms with Crippen molar-refractivity contribution in [2.24, 2.45) is 0 Å². The molecule has 1 saturated heterocycles. The highest BCUT2D eigenvalue weighted by Gasteiger charge is 2.34. The molecule has 4 heteroatoms. The second-order valence-electron chi connectivity index (χ2n) is 6.50. The van der Waals surface area contributed by atoms with Crippen molar-refractivity contribution in [1.29, 1.82) is 0 Å². The van der Waals surface area contributed by atoms with Crippen LogP contribution in [0.2, 0.25) is 0 Å². The number of amides is 1. The zero-order chi connectivity index (χ0) is 14.2. The molecule has 4 nitrogen and oxygen atoms in total. The summed E-state index contributed by atoms with van der Waals surface area (Å²) in [5.74, 6) is 0.292. The lowest BCUT2D eigenvalue weighted by atomic mass is 9.95. The average molecular weight is 285 g/mol. The molecular formula is C17H23N3O. The third-order valence-electron chi connectivity index (χ3n) is 5.07. The van der Waals surface area contributed by atoms with E-state index in [2.05, 4.69) is 39.4 Å². The fourth-order valence-electron chi connectivity index (χ4n) is 3.60. The van der Waals surface area contributed by atoms with Crippen molar-refractivity contribution in [3.05, 3.63) is 35.4 Å². The zero-order valence-corrected chi connectivity index (χ0v) is 12.4. The molecular weight excluding hydrogens is 262 g/mol. The van der Waals surface area contributed by atoms with Crippen LogP contribution in [0.4, 0.5) is 0 Å². The number of nitrogens with zero attached hydrogens (tertiary/aromatic N) is 2. The van der Waals surface area contributed by atoms with E-state index >= 15 is 0 Å². The maximum absolute atomic E-state index is 12.7. The molecule has 0 bridgehead atoms. The zero-order valence-electron chi connectivity index (χ0n) is 12.4. The Morgan fingerprint density at radius 2 is 1.76 bits per heavy atom. The van der Waals surface area contributed by atoms with Gasteiger partial charge in [0.05, 0.1) is 6.04 Å². The van der Waals surface area contributed by atoms with E-state index in [-0.39, 0.29) is 6.04 Å². The van der Waals surface area contributed by atoms with Gasteiger partial charge in [0.15, 0.2) is 0 Å². The molecule has 1 aromatic carbocycles. The van der Waals surface area contributed by atoms with Gasteiger partial charge in [-0.3, -0.25) is 9.69 Å². The number of fused-ring (bicyclic) bond motifs is 1. The third-order valence-corrected chi connectivity index (χ3v) is 5.07. The normalized spacial score (nSPS) is 26.5. The molecule has 1 saturated carbocycles. The summed E-state index contributed by atoms with van der Waals surface area (Å²) in [4.78, 5) is 17.3. The van der Waals surface area contributed by atoms with Gasteiger partial charge in [-0.15, -0.1) is 0 Å². The number of carbonyl (C=O) groups is 1. The lowest BCUT2D eigenvalue weighted by Crippen LogP contribution is -2.55. The van der Waals surface area contributed by atoms with Crippen LogP contribution in [0.15, 0.2) is 24.3 Å². The highest BCUT2D eigenvalue weighted by atomic mass is 16.2. The van der Waals surface area contributed by atoms with Crippen molar-refractivity contribution in [2.45, 2.75) is 37.9 Å². The van der Waals surface area contributed by atoms with E-state index in [1.54, 1.807) is 0 Å². The maximum atomic E-state index is 12.7. The predicted molar refractivity (Wildman–Crippen MR) is 81.9 cm³/mol. The fraction of sp³-hybridized carbons (Fsp3) is 0.588. The van der Waals surface area contributed by atoms with Gasteiger partial charge in [0.25, 0.3) is 0 Å². The first-order valence-corrected chi connectivity index (χ1v) is 8.14. The van der Waals surface area contributed by atoms with Gasteiger partial charge in [0, 0.05) is 38.8 Å². The van der Waals surface area contributed by atoms with Gasteiger partial charge in [-0.05, 0) is 30.4 Å². The van der Waals surface area contributed by atoms with E-state index in [0.717, 1.165) is 45.2 Å². The van der Waals surface area contributed by atoms with Crippen LogP contribution in [0.3, 0.4) is 0 Å². The highest BCUT2D eigenvalue weighted by molar-refractivity contribution is 5.82. The fourth-order valence-corrected chi connectivity index (χ4v) is 3.60. The minimum absolute atomic E-state index is 0.0348. The van der Waals surface area contributed by atoms with Crippen molar-refractivity contribution in [2.75, 3.05) is 26.2 Å². The number of benzene rings is 1. The molecule has 112 valence electrons. The molecule has 2 fully saturated rings. The van der Waals surface area contributed by atoms with Crippen LogP contribution in [-0.4, -0.2) is 54.0 Å². The SMILES string of the molecule is O=C([C@H]1Cc2ccccc2CN1)N1CCN(C2CC2)CC1. The van der Waals surface area contributed by atoms with E-state index < -0.39 is 0 Å². The highest BCUT2D eigenvalue weighted by Crippen LogP contribution is 2.27. The number of piperazine rings is 1. The molecule has 21 heavy (non-hydrogen) atoms. The Morgan fingerprint density at radius 3 is 2.48 bits per heavy atom.